The van der Waals surface area contributed by atoms with Crippen LogP contribution in [0, 0.1) is 12.8 Å². The molecular weight excluding hydrogens is 300 g/mol. The molecule has 1 aromatic carbocycles. The van der Waals surface area contributed by atoms with E-state index in [0.29, 0.717) is 6.61 Å². The number of anilines is 1. The average Bonchev–Trinajstić information content (AvgIpc) is 2.94. The second-order valence-corrected chi connectivity index (χ2v) is 7.76. The summed E-state index contributed by atoms with van der Waals surface area (Å²) in [5, 5.41) is 0. The van der Waals surface area contributed by atoms with Crippen molar-refractivity contribution in [2.75, 3.05) is 24.6 Å². The summed E-state index contributed by atoms with van der Waals surface area (Å²) < 4.78 is 5.36. The molecule has 1 atom stereocenters. The lowest BCUT2D eigenvalue weighted by atomic mass is 9.88. The molecule has 0 N–H and O–H groups in total. The molecule has 0 radical (unpaired) electrons. The molecule has 1 amide bonds. The van der Waals surface area contributed by atoms with Gasteiger partial charge in [-0.05, 0) is 49.3 Å². The van der Waals surface area contributed by atoms with Gasteiger partial charge in [0.15, 0.2) is 0 Å². The van der Waals surface area contributed by atoms with Crippen LogP contribution in [0.15, 0.2) is 18.2 Å². The molecule has 1 aromatic rings. The van der Waals surface area contributed by atoms with Crippen molar-refractivity contribution in [3.05, 3.63) is 29.3 Å². The van der Waals surface area contributed by atoms with Crippen LogP contribution >= 0.6 is 0 Å². The fraction of sp³-hybridized carbons (Fsp3) is 0.650. The summed E-state index contributed by atoms with van der Waals surface area (Å²) in [6.45, 7) is 5.83. The van der Waals surface area contributed by atoms with Gasteiger partial charge < -0.3 is 4.74 Å². The molecule has 130 valence electrons. The quantitative estimate of drug-likeness (QED) is 0.819. The average molecular weight is 328 g/mol. The molecule has 2 fully saturated rings. The predicted molar refractivity (Wildman–Crippen MR) is 95.3 cm³/mol. The van der Waals surface area contributed by atoms with Gasteiger partial charge in [0.25, 0.3) is 0 Å². The number of amides is 1. The third kappa shape index (κ3) is 3.16. The standard InChI is InChI=1S/C20H28N2O2/c1-15-7-8-17-13-21(12-16-5-3-2-4-6-16)10-9-18-14-24-20(23)22(18)19(17)11-15/h7-8,11,16,18H,2-6,9-10,12-14H2,1H3. The Hall–Kier alpha value is -1.55. The van der Waals surface area contributed by atoms with Gasteiger partial charge in [-0.3, -0.25) is 9.80 Å². The van der Waals surface area contributed by atoms with Gasteiger partial charge in [0.2, 0.25) is 0 Å². The summed E-state index contributed by atoms with van der Waals surface area (Å²) in [5.74, 6) is 0.852. The zero-order valence-corrected chi connectivity index (χ0v) is 14.7. The zero-order valence-electron chi connectivity index (χ0n) is 14.7. The molecule has 3 aliphatic rings. The number of hydrogen-bond donors (Lipinski definition) is 0. The highest BCUT2D eigenvalue weighted by molar-refractivity contribution is 5.91. The predicted octanol–water partition coefficient (Wildman–Crippen LogP) is 4.11. The minimum Gasteiger partial charge on any atom is -0.447 e. The number of carbonyl (C=O) groups is 1. The smallest absolute Gasteiger partial charge is 0.414 e. The summed E-state index contributed by atoms with van der Waals surface area (Å²) in [7, 11) is 0. The second kappa shape index (κ2) is 6.75. The fourth-order valence-corrected chi connectivity index (χ4v) is 4.54. The SMILES string of the molecule is Cc1ccc2c(c1)N1C(=O)OCC1CCN(CC1CCCCC1)C2. The van der Waals surface area contributed by atoms with Gasteiger partial charge in [0, 0.05) is 19.6 Å². The van der Waals surface area contributed by atoms with E-state index in [1.807, 2.05) is 4.90 Å². The van der Waals surface area contributed by atoms with Gasteiger partial charge in [-0.1, -0.05) is 31.4 Å². The van der Waals surface area contributed by atoms with Crippen LogP contribution in [0.3, 0.4) is 0 Å². The van der Waals surface area contributed by atoms with E-state index in [2.05, 4.69) is 30.0 Å². The van der Waals surface area contributed by atoms with Crippen LogP contribution in [0.2, 0.25) is 0 Å². The van der Waals surface area contributed by atoms with Crippen LogP contribution in [-0.4, -0.2) is 36.7 Å². The molecule has 0 spiro atoms. The number of rotatable bonds is 2. The monoisotopic (exact) mass is 328 g/mol. The van der Waals surface area contributed by atoms with Crippen molar-refractivity contribution in [2.24, 2.45) is 5.92 Å². The number of cyclic esters (lactones) is 1. The summed E-state index contributed by atoms with van der Waals surface area (Å²) in [5.41, 5.74) is 3.53. The van der Waals surface area contributed by atoms with E-state index in [1.54, 1.807) is 0 Å². The summed E-state index contributed by atoms with van der Waals surface area (Å²) in [4.78, 5) is 16.8. The molecule has 4 rings (SSSR count). The Morgan fingerprint density at radius 1 is 1.17 bits per heavy atom. The molecule has 1 saturated carbocycles. The molecule has 24 heavy (non-hydrogen) atoms. The Morgan fingerprint density at radius 3 is 2.83 bits per heavy atom. The van der Waals surface area contributed by atoms with Crippen molar-refractivity contribution in [3.63, 3.8) is 0 Å². The molecule has 1 aliphatic carbocycles. The highest BCUT2D eigenvalue weighted by atomic mass is 16.6. The first kappa shape index (κ1) is 15.9. The lowest BCUT2D eigenvalue weighted by Gasteiger charge is -2.35. The maximum Gasteiger partial charge on any atom is 0.414 e. The van der Waals surface area contributed by atoms with Crippen molar-refractivity contribution in [1.82, 2.24) is 4.90 Å². The molecule has 1 saturated heterocycles. The first-order valence-corrected chi connectivity index (χ1v) is 9.48. The number of fused-ring (bicyclic) bond motifs is 3. The Morgan fingerprint density at radius 2 is 2.00 bits per heavy atom. The van der Waals surface area contributed by atoms with Crippen molar-refractivity contribution in [2.45, 2.75) is 58.0 Å². The van der Waals surface area contributed by atoms with E-state index in [1.165, 1.54) is 49.8 Å². The van der Waals surface area contributed by atoms with Crippen molar-refractivity contribution in [3.8, 4) is 0 Å². The molecule has 2 aliphatic heterocycles. The van der Waals surface area contributed by atoms with Gasteiger partial charge in [0.05, 0.1) is 11.7 Å². The Kier molecular flexibility index (Phi) is 4.49. The largest absolute Gasteiger partial charge is 0.447 e. The zero-order chi connectivity index (χ0) is 16.5. The van der Waals surface area contributed by atoms with Crippen LogP contribution < -0.4 is 4.90 Å². The van der Waals surface area contributed by atoms with E-state index < -0.39 is 0 Å². The van der Waals surface area contributed by atoms with Crippen LogP contribution in [0.25, 0.3) is 0 Å². The molecule has 4 nitrogen and oxygen atoms in total. The maximum absolute atomic E-state index is 12.2. The van der Waals surface area contributed by atoms with E-state index >= 15 is 0 Å². The number of hydrogen-bond acceptors (Lipinski definition) is 3. The van der Waals surface area contributed by atoms with Crippen LogP contribution in [0.5, 0.6) is 0 Å². The maximum atomic E-state index is 12.2. The van der Waals surface area contributed by atoms with Crippen molar-refractivity contribution in [1.29, 1.82) is 0 Å². The Balaban J connectivity index is 1.59. The summed E-state index contributed by atoms with van der Waals surface area (Å²) in [6, 6.07) is 6.70. The number of benzene rings is 1. The van der Waals surface area contributed by atoms with Gasteiger partial charge in [-0.25, -0.2) is 4.79 Å². The number of nitrogens with zero attached hydrogens (tertiary/aromatic N) is 2. The minimum absolute atomic E-state index is 0.174. The van der Waals surface area contributed by atoms with Gasteiger partial charge in [-0.2, -0.15) is 0 Å². The minimum atomic E-state index is -0.174. The van der Waals surface area contributed by atoms with Gasteiger partial charge >= 0.3 is 6.09 Å². The molecule has 1 unspecified atom stereocenters. The summed E-state index contributed by atoms with van der Waals surface area (Å²) in [6.07, 6.45) is 7.80. The highest BCUT2D eigenvalue weighted by Gasteiger charge is 2.37. The van der Waals surface area contributed by atoms with Crippen molar-refractivity contribution >= 4 is 11.8 Å². The van der Waals surface area contributed by atoms with E-state index in [4.69, 9.17) is 4.74 Å². The Bertz CT molecular complexity index is 610. The van der Waals surface area contributed by atoms with Gasteiger partial charge in [-0.15, -0.1) is 0 Å². The van der Waals surface area contributed by atoms with Crippen molar-refractivity contribution < 1.29 is 9.53 Å². The van der Waals surface area contributed by atoms with E-state index in [0.717, 1.165) is 31.1 Å². The van der Waals surface area contributed by atoms with E-state index in [9.17, 15) is 4.79 Å². The molecular formula is C20H28N2O2. The number of carbonyl (C=O) groups excluding carboxylic acids is 1. The third-order valence-electron chi connectivity index (χ3n) is 5.88. The number of aryl methyl sites for hydroxylation is 1. The topological polar surface area (TPSA) is 32.8 Å². The molecule has 2 heterocycles. The third-order valence-corrected chi connectivity index (χ3v) is 5.88. The second-order valence-electron chi connectivity index (χ2n) is 7.76. The first-order valence-electron chi connectivity index (χ1n) is 9.48. The van der Waals surface area contributed by atoms with Gasteiger partial charge in [0.1, 0.15) is 6.61 Å². The van der Waals surface area contributed by atoms with E-state index in [-0.39, 0.29) is 12.1 Å². The first-order chi connectivity index (χ1) is 11.7. The highest BCUT2D eigenvalue weighted by Crippen LogP contribution is 2.33. The molecule has 0 bridgehead atoms. The summed E-state index contributed by atoms with van der Waals surface area (Å²) >= 11 is 0. The lowest BCUT2D eigenvalue weighted by Crippen LogP contribution is -2.41. The van der Waals surface area contributed by atoms with Crippen LogP contribution in [-0.2, 0) is 11.3 Å². The fourth-order valence-electron chi connectivity index (χ4n) is 4.54. The van der Waals surface area contributed by atoms with Crippen LogP contribution in [0.4, 0.5) is 10.5 Å². The van der Waals surface area contributed by atoms with Crippen LogP contribution in [0.1, 0.15) is 49.7 Å². The normalized spacial score (nSPS) is 25.6. The number of ether oxygens (including phenoxy) is 1. The molecule has 4 heteroatoms. The lowest BCUT2D eigenvalue weighted by molar-refractivity contribution is 0.173. The Labute approximate surface area is 144 Å². The molecule has 0 aromatic heterocycles.